The molecular weight excluding hydrogens is 180 g/mol. The Morgan fingerprint density at radius 1 is 1.46 bits per heavy atom. The largest absolute Gasteiger partial charge is 0.327 e. The quantitative estimate of drug-likeness (QED) is 0.701. The molecular formula is C10H22N2S. The third kappa shape index (κ3) is 4.89. The topological polar surface area (TPSA) is 29.3 Å². The van der Waals surface area contributed by atoms with Crippen LogP contribution in [0.2, 0.25) is 0 Å². The Labute approximate surface area is 86.2 Å². The fourth-order valence-corrected chi connectivity index (χ4v) is 2.31. The molecule has 1 heterocycles. The molecule has 1 fully saturated rings. The minimum Gasteiger partial charge on any atom is -0.327 e. The highest BCUT2D eigenvalue weighted by Gasteiger charge is 2.13. The standard InChI is InChI=1S/C10H22N2S/c1-13-8-4-7-12-6-3-2-5-10(11)9-12/h10H,2-9,11H2,1H3. The molecule has 1 saturated heterocycles. The molecule has 13 heavy (non-hydrogen) atoms. The third-order valence-corrected chi connectivity index (χ3v) is 3.31. The molecule has 1 rings (SSSR count). The Morgan fingerprint density at radius 3 is 3.08 bits per heavy atom. The van der Waals surface area contributed by atoms with Crippen LogP contribution in [0.3, 0.4) is 0 Å². The van der Waals surface area contributed by atoms with E-state index in [4.69, 9.17) is 5.73 Å². The van der Waals surface area contributed by atoms with Crippen molar-refractivity contribution in [3.8, 4) is 0 Å². The van der Waals surface area contributed by atoms with Crippen LogP contribution in [-0.4, -0.2) is 42.6 Å². The maximum Gasteiger partial charge on any atom is 0.0167 e. The predicted molar refractivity (Wildman–Crippen MR) is 61.3 cm³/mol. The molecule has 0 radical (unpaired) electrons. The van der Waals surface area contributed by atoms with Crippen molar-refractivity contribution in [2.75, 3.05) is 31.6 Å². The van der Waals surface area contributed by atoms with Crippen molar-refractivity contribution in [2.45, 2.75) is 31.7 Å². The van der Waals surface area contributed by atoms with Gasteiger partial charge in [-0.15, -0.1) is 0 Å². The van der Waals surface area contributed by atoms with Crippen LogP contribution in [0.15, 0.2) is 0 Å². The van der Waals surface area contributed by atoms with Crippen molar-refractivity contribution < 1.29 is 0 Å². The van der Waals surface area contributed by atoms with Gasteiger partial charge in [-0.1, -0.05) is 6.42 Å². The Balaban J connectivity index is 2.15. The summed E-state index contributed by atoms with van der Waals surface area (Å²) < 4.78 is 0. The number of hydrogen-bond donors (Lipinski definition) is 1. The van der Waals surface area contributed by atoms with Crippen molar-refractivity contribution in [3.05, 3.63) is 0 Å². The summed E-state index contributed by atoms with van der Waals surface area (Å²) in [5.41, 5.74) is 5.98. The second-order valence-electron chi connectivity index (χ2n) is 3.90. The summed E-state index contributed by atoms with van der Waals surface area (Å²) in [6, 6.07) is 0.428. The summed E-state index contributed by atoms with van der Waals surface area (Å²) in [6.45, 7) is 3.63. The van der Waals surface area contributed by atoms with Gasteiger partial charge in [-0.2, -0.15) is 11.8 Å². The lowest BCUT2D eigenvalue weighted by Crippen LogP contribution is -2.36. The van der Waals surface area contributed by atoms with E-state index in [1.165, 1.54) is 44.5 Å². The zero-order valence-corrected chi connectivity index (χ0v) is 9.48. The van der Waals surface area contributed by atoms with E-state index < -0.39 is 0 Å². The van der Waals surface area contributed by atoms with Crippen LogP contribution in [-0.2, 0) is 0 Å². The Hall–Kier alpha value is 0.270. The van der Waals surface area contributed by atoms with Gasteiger partial charge in [-0.25, -0.2) is 0 Å². The van der Waals surface area contributed by atoms with Crippen molar-refractivity contribution in [1.29, 1.82) is 0 Å². The molecule has 1 unspecified atom stereocenters. The van der Waals surface area contributed by atoms with Crippen molar-refractivity contribution in [1.82, 2.24) is 4.90 Å². The van der Waals surface area contributed by atoms with Gasteiger partial charge in [0.2, 0.25) is 0 Å². The first-order valence-corrected chi connectivity index (χ1v) is 6.69. The number of nitrogens with two attached hydrogens (primary N) is 1. The van der Waals surface area contributed by atoms with Crippen LogP contribution in [0.1, 0.15) is 25.7 Å². The summed E-state index contributed by atoms with van der Waals surface area (Å²) in [4.78, 5) is 2.54. The smallest absolute Gasteiger partial charge is 0.0167 e. The second kappa shape index (κ2) is 6.68. The molecule has 0 aromatic carbocycles. The molecule has 0 spiro atoms. The van der Waals surface area contributed by atoms with Gasteiger partial charge in [0.25, 0.3) is 0 Å². The van der Waals surface area contributed by atoms with E-state index in [0.29, 0.717) is 6.04 Å². The Kier molecular flexibility index (Phi) is 5.83. The van der Waals surface area contributed by atoms with Gasteiger partial charge >= 0.3 is 0 Å². The monoisotopic (exact) mass is 202 g/mol. The SMILES string of the molecule is CSCCCN1CCCCC(N)C1. The number of hydrogen-bond acceptors (Lipinski definition) is 3. The molecule has 3 heteroatoms. The van der Waals surface area contributed by atoms with Gasteiger partial charge in [0, 0.05) is 12.6 Å². The number of thioether (sulfide) groups is 1. The van der Waals surface area contributed by atoms with Gasteiger partial charge in [-0.05, 0) is 44.4 Å². The van der Waals surface area contributed by atoms with E-state index in [-0.39, 0.29) is 0 Å². The van der Waals surface area contributed by atoms with Gasteiger partial charge in [0.05, 0.1) is 0 Å². The van der Waals surface area contributed by atoms with E-state index >= 15 is 0 Å². The fraction of sp³-hybridized carbons (Fsp3) is 1.00. The Morgan fingerprint density at radius 2 is 2.31 bits per heavy atom. The van der Waals surface area contributed by atoms with Crippen molar-refractivity contribution in [2.24, 2.45) is 5.73 Å². The lowest BCUT2D eigenvalue weighted by Gasteiger charge is -2.21. The van der Waals surface area contributed by atoms with Crippen LogP contribution in [0.5, 0.6) is 0 Å². The zero-order chi connectivity index (χ0) is 9.52. The predicted octanol–water partition coefficient (Wildman–Crippen LogP) is 1.55. The minimum atomic E-state index is 0.428. The van der Waals surface area contributed by atoms with Crippen LogP contribution < -0.4 is 5.73 Å². The molecule has 78 valence electrons. The number of likely N-dealkylation sites (tertiary alicyclic amines) is 1. The third-order valence-electron chi connectivity index (χ3n) is 2.61. The maximum absolute atomic E-state index is 5.98. The number of rotatable bonds is 4. The van der Waals surface area contributed by atoms with Crippen LogP contribution in [0, 0.1) is 0 Å². The van der Waals surface area contributed by atoms with E-state index in [1.807, 2.05) is 11.8 Å². The molecule has 0 aromatic rings. The van der Waals surface area contributed by atoms with Crippen LogP contribution >= 0.6 is 11.8 Å². The van der Waals surface area contributed by atoms with Crippen LogP contribution in [0.25, 0.3) is 0 Å². The molecule has 0 amide bonds. The van der Waals surface area contributed by atoms with Gasteiger partial charge in [0.15, 0.2) is 0 Å². The summed E-state index contributed by atoms with van der Waals surface area (Å²) in [6.07, 6.45) is 7.37. The molecule has 1 aliphatic rings. The van der Waals surface area contributed by atoms with Crippen molar-refractivity contribution in [3.63, 3.8) is 0 Å². The molecule has 0 saturated carbocycles. The molecule has 0 bridgehead atoms. The maximum atomic E-state index is 5.98. The zero-order valence-electron chi connectivity index (χ0n) is 8.67. The summed E-state index contributed by atoms with van der Waals surface area (Å²) in [7, 11) is 0. The minimum absolute atomic E-state index is 0.428. The lowest BCUT2D eigenvalue weighted by molar-refractivity contribution is 0.274. The first kappa shape index (κ1) is 11.3. The average molecular weight is 202 g/mol. The first-order valence-electron chi connectivity index (χ1n) is 5.30. The first-order chi connectivity index (χ1) is 6.33. The molecule has 2 nitrogen and oxygen atoms in total. The van der Waals surface area contributed by atoms with E-state index in [9.17, 15) is 0 Å². The lowest BCUT2D eigenvalue weighted by atomic mass is 10.2. The fourth-order valence-electron chi connectivity index (χ4n) is 1.89. The molecule has 0 aliphatic carbocycles. The van der Waals surface area contributed by atoms with Gasteiger partial charge in [-0.3, -0.25) is 0 Å². The number of nitrogens with zero attached hydrogens (tertiary/aromatic N) is 1. The second-order valence-corrected chi connectivity index (χ2v) is 4.89. The van der Waals surface area contributed by atoms with E-state index in [1.54, 1.807) is 0 Å². The highest BCUT2D eigenvalue weighted by atomic mass is 32.2. The van der Waals surface area contributed by atoms with Crippen molar-refractivity contribution >= 4 is 11.8 Å². The van der Waals surface area contributed by atoms with Crippen LogP contribution in [0.4, 0.5) is 0 Å². The Bertz CT molecular complexity index is 130. The normalized spacial score (nSPS) is 25.8. The molecule has 0 aromatic heterocycles. The van der Waals surface area contributed by atoms with Gasteiger partial charge in [0.1, 0.15) is 0 Å². The molecule has 1 atom stereocenters. The van der Waals surface area contributed by atoms with E-state index in [0.717, 1.165) is 6.54 Å². The summed E-state index contributed by atoms with van der Waals surface area (Å²) in [5.74, 6) is 1.28. The highest BCUT2D eigenvalue weighted by Crippen LogP contribution is 2.09. The summed E-state index contributed by atoms with van der Waals surface area (Å²) in [5, 5.41) is 0. The van der Waals surface area contributed by atoms with E-state index in [2.05, 4.69) is 11.2 Å². The molecule has 2 N–H and O–H groups in total. The highest BCUT2D eigenvalue weighted by molar-refractivity contribution is 7.98. The summed E-state index contributed by atoms with van der Waals surface area (Å²) >= 11 is 1.94. The molecule has 1 aliphatic heterocycles. The average Bonchev–Trinajstić information content (AvgIpc) is 2.31. The van der Waals surface area contributed by atoms with Gasteiger partial charge < -0.3 is 10.6 Å².